The SMILES string of the molecule is Cc1sc(C(=O)OCCS(=O)(=O)C(C)(C)C)cc1N. The van der Waals surface area contributed by atoms with Crippen molar-refractivity contribution in [3.8, 4) is 0 Å². The topological polar surface area (TPSA) is 86.5 Å². The number of hydrogen-bond donors (Lipinski definition) is 1. The Labute approximate surface area is 117 Å². The summed E-state index contributed by atoms with van der Waals surface area (Å²) < 4.78 is 27.8. The first kappa shape index (κ1) is 16.0. The Kier molecular flexibility index (Phi) is 4.63. The molecule has 0 aromatic carbocycles. The van der Waals surface area contributed by atoms with Gasteiger partial charge in [-0.15, -0.1) is 11.3 Å². The molecule has 0 fully saturated rings. The number of thiophene rings is 1. The predicted molar refractivity (Wildman–Crippen MR) is 77.3 cm³/mol. The van der Waals surface area contributed by atoms with Crippen molar-refractivity contribution in [1.82, 2.24) is 0 Å². The van der Waals surface area contributed by atoms with Crippen LogP contribution in [-0.4, -0.2) is 31.5 Å². The Morgan fingerprint density at radius 1 is 1.42 bits per heavy atom. The van der Waals surface area contributed by atoms with Crippen LogP contribution in [0.2, 0.25) is 0 Å². The molecule has 0 aliphatic rings. The Bertz CT molecular complexity index is 548. The molecule has 0 aliphatic carbocycles. The van der Waals surface area contributed by atoms with Crippen LogP contribution < -0.4 is 5.73 Å². The highest BCUT2D eigenvalue weighted by molar-refractivity contribution is 7.92. The molecule has 1 aromatic heterocycles. The van der Waals surface area contributed by atoms with E-state index >= 15 is 0 Å². The fourth-order valence-electron chi connectivity index (χ4n) is 1.22. The first-order valence-corrected chi connectivity index (χ1v) is 8.27. The summed E-state index contributed by atoms with van der Waals surface area (Å²) in [4.78, 5) is 12.9. The van der Waals surface area contributed by atoms with Crippen LogP contribution in [-0.2, 0) is 14.6 Å². The second-order valence-corrected chi connectivity index (χ2v) is 9.31. The molecular weight excluding hydrogens is 286 g/mol. The van der Waals surface area contributed by atoms with Gasteiger partial charge in [-0.1, -0.05) is 0 Å². The fraction of sp³-hybridized carbons (Fsp3) is 0.583. The lowest BCUT2D eigenvalue weighted by molar-refractivity contribution is 0.0534. The van der Waals surface area contributed by atoms with Crippen LogP contribution in [0, 0.1) is 6.92 Å². The lowest BCUT2D eigenvalue weighted by Crippen LogP contribution is -2.32. The summed E-state index contributed by atoms with van der Waals surface area (Å²) in [6.07, 6.45) is 0. The Morgan fingerprint density at radius 2 is 2.00 bits per heavy atom. The molecule has 0 saturated carbocycles. The highest BCUT2D eigenvalue weighted by Crippen LogP contribution is 2.24. The van der Waals surface area contributed by atoms with Crippen LogP contribution in [0.1, 0.15) is 35.3 Å². The van der Waals surface area contributed by atoms with Crippen LogP contribution >= 0.6 is 11.3 Å². The lowest BCUT2D eigenvalue weighted by atomic mass is 10.3. The highest BCUT2D eigenvalue weighted by Gasteiger charge is 2.29. The lowest BCUT2D eigenvalue weighted by Gasteiger charge is -2.18. The summed E-state index contributed by atoms with van der Waals surface area (Å²) in [5.74, 6) is -0.712. The van der Waals surface area contributed by atoms with Crippen molar-refractivity contribution in [3.05, 3.63) is 15.8 Å². The second kappa shape index (κ2) is 5.50. The fourth-order valence-corrected chi connectivity index (χ4v) is 2.97. The van der Waals surface area contributed by atoms with Gasteiger partial charge in [0.2, 0.25) is 0 Å². The van der Waals surface area contributed by atoms with Gasteiger partial charge >= 0.3 is 5.97 Å². The molecule has 108 valence electrons. The molecule has 1 heterocycles. The zero-order valence-electron chi connectivity index (χ0n) is 11.5. The number of rotatable bonds is 4. The number of nitrogen functional groups attached to an aromatic ring is 1. The molecule has 19 heavy (non-hydrogen) atoms. The van der Waals surface area contributed by atoms with E-state index in [9.17, 15) is 13.2 Å². The van der Waals surface area contributed by atoms with E-state index < -0.39 is 20.6 Å². The summed E-state index contributed by atoms with van der Waals surface area (Å²) in [6, 6.07) is 1.54. The van der Waals surface area contributed by atoms with Gasteiger partial charge in [-0.05, 0) is 33.8 Å². The van der Waals surface area contributed by atoms with E-state index in [4.69, 9.17) is 10.5 Å². The van der Waals surface area contributed by atoms with E-state index in [0.29, 0.717) is 10.6 Å². The monoisotopic (exact) mass is 305 g/mol. The molecule has 0 unspecified atom stereocenters. The van der Waals surface area contributed by atoms with E-state index in [1.807, 2.05) is 0 Å². The van der Waals surface area contributed by atoms with Gasteiger partial charge < -0.3 is 10.5 Å². The maximum atomic E-state index is 11.8. The molecule has 5 nitrogen and oxygen atoms in total. The summed E-state index contributed by atoms with van der Waals surface area (Å²) in [5, 5.41) is 0. The number of anilines is 1. The minimum absolute atomic E-state index is 0.144. The zero-order chi connectivity index (χ0) is 14.8. The molecule has 0 amide bonds. The molecule has 7 heteroatoms. The van der Waals surface area contributed by atoms with E-state index in [1.54, 1.807) is 33.8 Å². The third-order valence-electron chi connectivity index (χ3n) is 2.68. The molecule has 1 rings (SSSR count). The van der Waals surface area contributed by atoms with Crippen molar-refractivity contribution < 1.29 is 17.9 Å². The first-order valence-electron chi connectivity index (χ1n) is 5.80. The van der Waals surface area contributed by atoms with Crippen LogP contribution in [0.5, 0.6) is 0 Å². The molecule has 0 bridgehead atoms. The zero-order valence-corrected chi connectivity index (χ0v) is 13.2. The van der Waals surface area contributed by atoms with Crippen molar-refractivity contribution >= 4 is 32.8 Å². The number of esters is 1. The van der Waals surface area contributed by atoms with Crippen LogP contribution in [0.4, 0.5) is 5.69 Å². The Morgan fingerprint density at radius 3 is 2.42 bits per heavy atom. The number of aryl methyl sites for hydroxylation is 1. The summed E-state index contributed by atoms with van der Waals surface area (Å²) >= 11 is 1.24. The van der Waals surface area contributed by atoms with Gasteiger partial charge in [0.25, 0.3) is 0 Å². The molecule has 0 aliphatic heterocycles. The molecule has 2 N–H and O–H groups in total. The van der Waals surface area contributed by atoms with E-state index in [0.717, 1.165) is 4.88 Å². The number of ether oxygens (including phenoxy) is 1. The third-order valence-corrected chi connectivity index (χ3v) is 6.29. The molecule has 0 spiro atoms. The number of nitrogens with two attached hydrogens (primary N) is 1. The molecule has 0 atom stereocenters. The summed E-state index contributed by atoms with van der Waals surface area (Å²) in [6.45, 7) is 6.52. The van der Waals surface area contributed by atoms with Crippen LogP contribution in [0.3, 0.4) is 0 Å². The van der Waals surface area contributed by atoms with Crippen molar-refractivity contribution in [2.75, 3.05) is 18.1 Å². The Hall–Kier alpha value is -1.08. The normalized spacial score (nSPS) is 12.4. The number of carbonyl (C=O) groups excluding carboxylic acids is 1. The molecule has 0 radical (unpaired) electrons. The quantitative estimate of drug-likeness (QED) is 0.860. The first-order chi connectivity index (χ1) is 8.54. The largest absolute Gasteiger partial charge is 0.460 e. The minimum Gasteiger partial charge on any atom is -0.460 e. The van der Waals surface area contributed by atoms with Gasteiger partial charge in [0.15, 0.2) is 9.84 Å². The van der Waals surface area contributed by atoms with Crippen molar-refractivity contribution in [2.45, 2.75) is 32.4 Å². The molecule has 0 saturated heterocycles. The van der Waals surface area contributed by atoms with Gasteiger partial charge in [0.05, 0.1) is 10.5 Å². The standard InChI is InChI=1S/C12H19NO4S2/c1-8-9(13)7-10(18-8)11(14)17-5-6-19(15,16)12(2,3)4/h7H,5-6,13H2,1-4H3. The third kappa shape index (κ3) is 3.94. The molecule has 1 aromatic rings. The average molecular weight is 305 g/mol. The second-order valence-electron chi connectivity index (χ2n) is 5.19. The van der Waals surface area contributed by atoms with Gasteiger partial charge in [-0.25, -0.2) is 13.2 Å². The number of carbonyl (C=O) groups is 1. The van der Waals surface area contributed by atoms with Crippen LogP contribution in [0.15, 0.2) is 6.07 Å². The predicted octanol–water partition coefficient (Wildman–Crippen LogP) is 2.01. The summed E-state index contributed by atoms with van der Waals surface area (Å²) in [5.41, 5.74) is 6.18. The van der Waals surface area contributed by atoms with Gasteiger partial charge in [0, 0.05) is 10.6 Å². The number of hydrogen-bond acceptors (Lipinski definition) is 6. The maximum absolute atomic E-state index is 11.8. The van der Waals surface area contributed by atoms with E-state index in [-0.39, 0.29) is 12.4 Å². The minimum atomic E-state index is -3.28. The van der Waals surface area contributed by atoms with Crippen molar-refractivity contribution in [3.63, 3.8) is 0 Å². The average Bonchev–Trinajstić information content (AvgIpc) is 2.57. The van der Waals surface area contributed by atoms with Gasteiger partial charge in [-0.2, -0.15) is 0 Å². The molecular formula is C12H19NO4S2. The van der Waals surface area contributed by atoms with Gasteiger partial charge in [0.1, 0.15) is 11.5 Å². The maximum Gasteiger partial charge on any atom is 0.348 e. The van der Waals surface area contributed by atoms with E-state index in [1.165, 1.54) is 11.3 Å². The van der Waals surface area contributed by atoms with E-state index in [2.05, 4.69) is 0 Å². The smallest absolute Gasteiger partial charge is 0.348 e. The number of sulfone groups is 1. The highest BCUT2D eigenvalue weighted by atomic mass is 32.2. The van der Waals surface area contributed by atoms with Gasteiger partial charge in [-0.3, -0.25) is 0 Å². The Balaban J connectivity index is 2.57. The van der Waals surface area contributed by atoms with Crippen molar-refractivity contribution in [2.24, 2.45) is 0 Å². The van der Waals surface area contributed by atoms with Crippen LogP contribution in [0.25, 0.3) is 0 Å². The van der Waals surface area contributed by atoms with Crippen molar-refractivity contribution in [1.29, 1.82) is 0 Å². The summed E-state index contributed by atoms with van der Waals surface area (Å²) in [7, 11) is -3.28.